The Labute approximate surface area is 145 Å². The molecule has 1 aromatic rings. The van der Waals surface area contributed by atoms with E-state index in [-0.39, 0.29) is 6.10 Å². The fraction of sp³-hybridized carbons (Fsp3) is 0.789. The molecule has 0 spiro atoms. The number of nitrogens with zero attached hydrogens (tertiary/aromatic N) is 4. The molecule has 3 saturated heterocycles. The Morgan fingerprint density at radius 2 is 1.83 bits per heavy atom. The molecular formula is C19H30N4O. The summed E-state index contributed by atoms with van der Waals surface area (Å²) in [6.07, 6.45) is 11.0. The molecule has 24 heavy (non-hydrogen) atoms. The Bertz CT molecular complexity index is 518. The second-order valence-corrected chi connectivity index (χ2v) is 7.51. The van der Waals surface area contributed by atoms with Crippen LogP contribution in [-0.4, -0.2) is 58.6 Å². The predicted molar refractivity (Wildman–Crippen MR) is 93.7 cm³/mol. The molecule has 132 valence electrons. The van der Waals surface area contributed by atoms with E-state index in [1.165, 1.54) is 58.3 Å². The maximum Gasteiger partial charge on any atom is 0.157 e. The van der Waals surface area contributed by atoms with E-state index >= 15 is 0 Å². The normalized spacial score (nSPS) is 27.6. The van der Waals surface area contributed by atoms with Crippen LogP contribution in [0, 0.1) is 0 Å². The molecular weight excluding hydrogens is 300 g/mol. The summed E-state index contributed by atoms with van der Waals surface area (Å²) in [5.74, 6) is 0.883. The first-order valence-electron chi connectivity index (χ1n) is 9.78. The van der Waals surface area contributed by atoms with Crippen molar-refractivity contribution in [1.82, 2.24) is 19.8 Å². The minimum absolute atomic E-state index is 0.120. The van der Waals surface area contributed by atoms with Crippen LogP contribution in [0.4, 0.5) is 0 Å². The van der Waals surface area contributed by atoms with E-state index in [0.717, 1.165) is 43.6 Å². The van der Waals surface area contributed by atoms with Crippen LogP contribution in [0.15, 0.2) is 12.3 Å². The van der Waals surface area contributed by atoms with Gasteiger partial charge in [0.2, 0.25) is 0 Å². The lowest BCUT2D eigenvalue weighted by molar-refractivity contribution is 0.0883. The second kappa shape index (κ2) is 7.89. The number of ether oxygens (including phenoxy) is 1. The zero-order valence-electron chi connectivity index (χ0n) is 14.7. The largest absolute Gasteiger partial charge is 0.370 e. The predicted octanol–water partition coefficient (Wildman–Crippen LogP) is 2.78. The molecule has 5 nitrogen and oxygen atoms in total. The zero-order chi connectivity index (χ0) is 16.2. The van der Waals surface area contributed by atoms with Crippen molar-refractivity contribution < 1.29 is 4.74 Å². The molecule has 0 aromatic carbocycles. The summed E-state index contributed by atoms with van der Waals surface area (Å²) in [6.45, 7) is 6.83. The summed E-state index contributed by atoms with van der Waals surface area (Å²) in [4.78, 5) is 14.5. The van der Waals surface area contributed by atoms with Gasteiger partial charge in [-0.2, -0.15) is 0 Å². The van der Waals surface area contributed by atoms with Gasteiger partial charge in [0, 0.05) is 38.5 Å². The Morgan fingerprint density at radius 1 is 1.00 bits per heavy atom. The molecule has 1 unspecified atom stereocenters. The summed E-state index contributed by atoms with van der Waals surface area (Å²) in [7, 11) is 0. The third kappa shape index (κ3) is 3.95. The Balaban J connectivity index is 1.29. The van der Waals surface area contributed by atoms with Crippen molar-refractivity contribution in [3.63, 3.8) is 0 Å². The van der Waals surface area contributed by atoms with Crippen LogP contribution in [0.3, 0.4) is 0 Å². The summed E-state index contributed by atoms with van der Waals surface area (Å²) >= 11 is 0. The monoisotopic (exact) mass is 330 g/mol. The first kappa shape index (κ1) is 16.4. The molecule has 3 aliphatic heterocycles. The van der Waals surface area contributed by atoms with Gasteiger partial charge in [-0.15, -0.1) is 0 Å². The van der Waals surface area contributed by atoms with E-state index in [1.54, 1.807) is 0 Å². The first-order valence-corrected chi connectivity index (χ1v) is 9.78. The first-order chi connectivity index (χ1) is 11.9. The van der Waals surface area contributed by atoms with Crippen molar-refractivity contribution in [3.05, 3.63) is 23.8 Å². The van der Waals surface area contributed by atoms with Crippen LogP contribution in [0.1, 0.15) is 62.6 Å². The van der Waals surface area contributed by atoms with Crippen molar-refractivity contribution in [1.29, 1.82) is 0 Å². The van der Waals surface area contributed by atoms with Crippen LogP contribution >= 0.6 is 0 Å². The summed E-state index contributed by atoms with van der Waals surface area (Å²) < 4.78 is 5.72. The van der Waals surface area contributed by atoms with E-state index < -0.39 is 0 Å². The lowest BCUT2D eigenvalue weighted by Crippen LogP contribution is -2.46. The van der Waals surface area contributed by atoms with Crippen molar-refractivity contribution in [3.8, 4) is 0 Å². The maximum atomic E-state index is 5.72. The topological polar surface area (TPSA) is 41.5 Å². The fourth-order valence-corrected chi connectivity index (χ4v) is 4.39. The molecule has 0 N–H and O–H groups in total. The fourth-order valence-electron chi connectivity index (χ4n) is 4.39. The highest BCUT2D eigenvalue weighted by Crippen LogP contribution is 2.26. The van der Waals surface area contributed by atoms with Gasteiger partial charge in [-0.05, 0) is 57.7 Å². The average molecular weight is 330 g/mol. The van der Waals surface area contributed by atoms with E-state index in [9.17, 15) is 0 Å². The van der Waals surface area contributed by atoms with Crippen molar-refractivity contribution >= 4 is 0 Å². The van der Waals surface area contributed by atoms with Crippen LogP contribution in [0.2, 0.25) is 0 Å². The van der Waals surface area contributed by atoms with Crippen molar-refractivity contribution in [2.45, 2.75) is 63.6 Å². The average Bonchev–Trinajstić information content (AvgIpc) is 3.18. The lowest BCUT2D eigenvalue weighted by Gasteiger charge is -2.40. The molecule has 0 radical (unpaired) electrons. The van der Waals surface area contributed by atoms with Crippen LogP contribution in [-0.2, 0) is 11.3 Å². The van der Waals surface area contributed by atoms with E-state index in [0.29, 0.717) is 0 Å². The van der Waals surface area contributed by atoms with Crippen LogP contribution < -0.4 is 0 Å². The smallest absolute Gasteiger partial charge is 0.157 e. The molecule has 3 aliphatic rings. The minimum Gasteiger partial charge on any atom is -0.370 e. The van der Waals surface area contributed by atoms with Crippen LogP contribution in [0.25, 0.3) is 0 Å². The standard InChI is InChI=1S/C19H30N4O/c1-2-10-23(11-3-1)17-7-12-22(13-8-17)15-16-6-9-20-19(21-16)18-5-4-14-24-18/h6,9,17-18H,1-5,7-8,10-15H2. The van der Waals surface area contributed by atoms with Gasteiger partial charge < -0.3 is 9.64 Å². The summed E-state index contributed by atoms with van der Waals surface area (Å²) in [5, 5.41) is 0. The molecule has 5 heteroatoms. The van der Waals surface area contributed by atoms with Gasteiger partial charge in [0.05, 0.1) is 5.69 Å². The summed E-state index contributed by atoms with van der Waals surface area (Å²) in [5.41, 5.74) is 1.15. The Kier molecular flexibility index (Phi) is 5.40. The van der Waals surface area contributed by atoms with Crippen LogP contribution in [0.5, 0.6) is 0 Å². The highest BCUT2D eigenvalue weighted by molar-refractivity contribution is 5.05. The molecule has 0 bridgehead atoms. The number of rotatable bonds is 4. The van der Waals surface area contributed by atoms with Crippen molar-refractivity contribution in [2.75, 3.05) is 32.8 Å². The summed E-state index contributed by atoms with van der Waals surface area (Å²) in [6, 6.07) is 2.88. The SMILES string of the molecule is c1cc(CN2CCC(N3CCCCC3)CC2)nc(C2CCCO2)n1. The molecule has 0 saturated carbocycles. The number of aromatic nitrogens is 2. The molecule has 4 rings (SSSR count). The molecule has 3 fully saturated rings. The van der Waals surface area contributed by atoms with E-state index in [4.69, 9.17) is 9.72 Å². The zero-order valence-corrected chi connectivity index (χ0v) is 14.7. The van der Waals surface area contributed by atoms with Gasteiger partial charge in [0.1, 0.15) is 6.10 Å². The highest BCUT2D eigenvalue weighted by Gasteiger charge is 2.26. The van der Waals surface area contributed by atoms with Gasteiger partial charge in [0.25, 0.3) is 0 Å². The number of hydrogen-bond donors (Lipinski definition) is 0. The van der Waals surface area contributed by atoms with Gasteiger partial charge in [0.15, 0.2) is 5.82 Å². The van der Waals surface area contributed by atoms with E-state index in [2.05, 4.69) is 20.9 Å². The quantitative estimate of drug-likeness (QED) is 0.849. The Morgan fingerprint density at radius 3 is 2.58 bits per heavy atom. The van der Waals surface area contributed by atoms with Gasteiger partial charge in [-0.25, -0.2) is 9.97 Å². The highest BCUT2D eigenvalue weighted by atomic mass is 16.5. The molecule has 4 heterocycles. The van der Waals surface area contributed by atoms with Gasteiger partial charge >= 0.3 is 0 Å². The van der Waals surface area contributed by atoms with Crippen molar-refractivity contribution in [2.24, 2.45) is 0 Å². The number of hydrogen-bond acceptors (Lipinski definition) is 5. The molecule has 0 amide bonds. The molecule has 1 atom stereocenters. The number of piperidine rings is 2. The maximum absolute atomic E-state index is 5.72. The minimum atomic E-state index is 0.120. The van der Waals surface area contributed by atoms with E-state index in [1.807, 2.05) is 6.20 Å². The third-order valence-corrected chi connectivity index (χ3v) is 5.80. The number of likely N-dealkylation sites (tertiary alicyclic amines) is 2. The molecule has 1 aromatic heterocycles. The lowest BCUT2D eigenvalue weighted by atomic mass is 10.00. The van der Waals surface area contributed by atoms with Gasteiger partial charge in [-0.1, -0.05) is 6.42 Å². The molecule has 0 aliphatic carbocycles. The third-order valence-electron chi connectivity index (χ3n) is 5.80. The van der Waals surface area contributed by atoms with Gasteiger partial charge in [-0.3, -0.25) is 4.90 Å². The Hall–Kier alpha value is -1.04. The second-order valence-electron chi connectivity index (χ2n) is 7.51.